The first kappa shape index (κ1) is 21.5. The van der Waals surface area contributed by atoms with Crippen LogP contribution in [0.5, 0.6) is 0 Å². The molecule has 29 heavy (non-hydrogen) atoms. The number of oxazole rings is 1. The summed E-state index contributed by atoms with van der Waals surface area (Å²) >= 11 is 1.36. The van der Waals surface area contributed by atoms with Gasteiger partial charge in [-0.25, -0.2) is 4.98 Å². The lowest BCUT2D eigenvalue weighted by atomic mass is 10.1. The Balaban J connectivity index is 1.81. The predicted octanol–water partition coefficient (Wildman–Crippen LogP) is 4.92. The molecule has 0 saturated carbocycles. The molecule has 0 aliphatic carbocycles. The number of rotatable bonds is 9. The van der Waals surface area contributed by atoms with Crippen LogP contribution < -0.4 is 4.90 Å². The van der Waals surface area contributed by atoms with Crippen LogP contribution >= 0.6 is 11.5 Å². The third kappa shape index (κ3) is 5.03. The fourth-order valence-electron chi connectivity index (χ4n) is 3.20. The number of nitrogens with zero attached hydrogens (tertiary/aromatic N) is 3. The standard InChI is InChI=1S/C22H29N3O3S/c1-6-17-15(5)22(29-24-17)25(13-27-7-2)21(26)12-16-8-9-19-18(11-16)23-20(28-19)10-14(3)4/h8-9,11,14H,6-7,10,12-13H2,1-5H3. The first-order chi connectivity index (χ1) is 13.9. The lowest BCUT2D eigenvalue weighted by Gasteiger charge is -2.21. The van der Waals surface area contributed by atoms with Crippen molar-refractivity contribution < 1.29 is 13.9 Å². The monoisotopic (exact) mass is 415 g/mol. The summed E-state index contributed by atoms with van der Waals surface area (Å²) in [6, 6.07) is 5.77. The van der Waals surface area contributed by atoms with Gasteiger partial charge < -0.3 is 9.15 Å². The van der Waals surface area contributed by atoms with Gasteiger partial charge in [0.05, 0.1) is 12.1 Å². The van der Waals surface area contributed by atoms with Crippen molar-refractivity contribution in [3.8, 4) is 0 Å². The Morgan fingerprint density at radius 1 is 1.31 bits per heavy atom. The molecule has 0 fully saturated rings. The Labute approximate surface area is 176 Å². The van der Waals surface area contributed by atoms with Crippen molar-refractivity contribution in [2.75, 3.05) is 18.2 Å². The lowest BCUT2D eigenvalue weighted by molar-refractivity contribution is -0.119. The van der Waals surface area contributed by atoms with Crippen LogP contribution in [0.2, 0.25) is 0 Å². The normalized spacial score (nSPS) is 11.5. The van der Waals surface area contributed by atoms with Crippen LogP contribution in [0.1, 0.15) is 50.4 Å². The van der Waals surface area contributed by atoms with Gasteiger partial charge in [-0.05, 0) is 55.4 Å². The molecule has 3 rings (SSSR count). The zero-order valence-electron chi connectivity index (χ0n) is 17.8. The Kier molecular flexibility index (Phi) is 7.03. The van der Waals surface area contributed by atoms with Crippen LogP contribution in [0.25, 0.3) is 11.1 Å². The number of hydrogen-bond acceptors (Lipinski definition) is 6. The summed E-state index contributed by atoms with van der Waals surface area (Å²) in [5, 5.41) is 0.863. The van der Waals surface area contributed by atoms with Gasteiger partial charge in [0.1, 0.15) is 17.2 Å². The molecule has 6 nitrogen and oxygen atoms in total. The number of carbonyl (C=O) groups is 1. The van der Waals surface area contributed by atoms with Crippen molar-refractivity contribution in [2.45, 2.75) is 53.9 Å². The van der Waals surface area contributed by atoms with Gasteiger partial charge in [-0.2, -0.15) is 4.37 Å². The second-order valence-corrected chi connectivity index (χ2v) is 8.29. The number of aromatic nitrogens is 2. The number of carbonyl (C=O) groups excluding carboxylic acids is 1. The molecule has 0 spiro atoms. The average molecular weight is 416 g/mol. The summed E-state index contributed by atoms with van der Waals surface area (Å²) < 4.78 is 15.9. The number of benzene rings is 1. The number of ether oxygens (including phenoxy) is 1. The molecule has 0 saturated heterocycles. The van der Waals surface area contributed by atoms with E-state index >= 15 is 0 Å². The number of anilines is 1. The number of fused-ring (bicyclic) bond motifs is 1. The quantitative estimate of drug-likeness (QED) is 0.464. The number of hydrogen-bond donors (Lipinski definition) is 0. The Bertz CT molecular complexity index is 977. The van der Waals surface area contributed by atoms with Crippen molar-refractivity contribution in [1.82, 2.24) is 9.36 Å². The van der Waals surface area contributed by atoms with Crippen molar-refractivity contribution in [1.29, 1.82) is 0 Å². The fourth-order valence-corrected chi connectivity index (χ4v) is 4.17. The highest BCUT2D eigenvalue weighted by atomic mass is 32.1. The maximum absolute atomic E-state index is 13.1. The minimum atomic E-state index is -0.0156. The molecule has 0 bridgehead atoms. The van der Waals surface area contributed by atoms with E-state index in [1.54, 1.807) is 4.90 Å². The first-order valence-corrected chi connectivity index (χ1v) is 10.9. The van der Waals surface area contributed by atoms with Crippen LogP contribution in [-0.4, -0.2) is 28.6 Å². The Hall–Kier alpha value is -2.25. The van der Waals surface area contributed by atoms with Crippen LogP contribution in [0, 0.1) is 12.8 Å². The van der Waals surface area contributed by atoms with E-state index in [-0.39, 0.29) is 19.1 Å². The molecular weight excluding hydrogens is 386 g/mol. The molecule has 156 valence electrons. The summed E-state index contributed by atoms with van der Waals surface area (Å²) in [6.07, 6.45) is 1.92. The predicted molar refractivity (Wildman–Crippen MR) is 116 cm³/mol. The Morgan fingerprint density at radius 3 is 2.76 bits per heavy atom. The molecule has 3 aromatic rings. The molecule has 1 aromatic carbocycles. The molecule has 0 aliphatic heterocycles. The van der Waals surface area contributed by atoms with Crippen molar-refractivity contribution in [2.24, 2.45) is 5.92 Å². The average Bonchev–Trinajstić information content (AvgIpc) is 3.24. The van der Waals surface area contributed by atoms with Gasteiger partial charge >= 0.3 is 0 Å². The van der Waals surface area contributed by atoms with Gasteiger partial charge in [-0.15, -0.1) is 0 Å². The zero-order chi connectivity index (χ0) is 21.0. The van der Waals surface area contributed by atoms with E-state index in [1.807, 2.05) is 32.0 Å². The van der Waals surface area contributed by atoms with Crippen LogP contribution in [0.4, 0.5) is 5.00 Å². The topological polar surface area (TPSA) is 68.5 Å². The van der Waals surface area contributed by atoms with E-state index in [4.69, 9.17) is 9.15 Å². The molecule has 2 heterocycles. The minimum absolute atomic E-state index is 0.0156. The largest absolute Gasteiger partial charge is 0.441 e. The van der Waals surface area contributed by atoms with Crippen molar-refractivity contribution in [3.63, 3.8) is 0 Å². The van der Waals surface area contributed by atoms with E-state index in [0.717, 1.165) is 51.7 Å². The highest BCUT2D eigenvalue weighted by Crippen LogP contribution is 2.29. The van der Waals surface area contributed by atoms with Gasteiger partial charge in [0, 0.05) is 18.6 Å². The second-order valence-electron chi connectivity index (χ2n) is 7.54. The van der Waals surface area contributed by atoms with Crippen LogP contribution in [0.15, 0.2) is 22.6 Å². The minimum Gasteiger partial charge on any atom is -0.441 e. The third-order valence-corrected chi connectivity index (χ3v) is 5.75. The molecular formula is C22H29N3O3S. The lowest BCUT2D eigenvalue weighted by Crippen LogP contribution is -2.34. The smallest absolute Gasteiger partial charge is 0.233 e. The first-order valence-electron chi connectivity index (χ1n) is 10.1. The summed E-state index contributed by atoms with van der Waals surface area (Å²) in [4.78, 5) is 19.4. The van der Waals surface area contributed by atoms with Gasteiger partial charge in [-0.1, -0.05) is 26.8 Å². The van der Waals surface area contributed by atoms with E-state index in [9.17, 15) is 4.79 Å². The number of aryl methyl sites for hydroxylation is 1. The SMILES string of the molecule is CCOCN(C(=O)Cc1ccc2oc(CC(C)C)nc2c1)c1snc(CC)c1C. The van der Waals surface area contributed by atoms with E-state index in [2.05, 4.69) is 30.1 Å². The maximum atomic E-state index is 13.1. The van der Waals surface area contributed by atoms with E-state index in [0.29, 0.717) is 12.5 Å². The van der Waals surface area contributed by atoms with Crippen molar-refractivity contribution >= 4 is 33.5 Å². The summed E-state index contributed by atoms with van der Waals surface area (Å²) in [5.74, 6) is 1.20. The number of amides is 1. The summed E-state index contributed by atoms with van der Waals surface area (Å²) in [7, 11) is 0. The van der Waals surface area contributed by atoms with Gasteiger partial charge in [0.25, 0.3) is 0 Å². The summed E-state index contributed by atoms with van der Waals surface area (Å²) in [6.45, 7) is 11.1. The van der Waals surface area contributed by atoms with E-state index < -0.39 is 0 Å². The Morgan fingerprint density at radius 2 is 2.10 bits per heavy atom. The molecule has 0 N–H and O–H groups in total. The zero-order valence-corrected chi connectivity index (χ0v) is 18.6. The third-order valence-electron chi connectivity index (χ3n) is 4.74. The van der Waals surface area contributed by atoms with Crippen LogP contribution in [0.3, 0.4) is 0 Å². The molecule has 0 atom stereocenters. The molecule has 7 heteroatoms. The van der Waals surface area contributed by atoms with Gasteiger partial charge in [0.2, 0.25) is 5.91 Å². The second kappa shape index (κ2) is 9.50. The molecule has 0 unspecified atom stereocenters. The van der Waals surface area contributed by atoms with Gasteiger partial charge in [0.15, 0.2) is 11.5 Å². The van der Waals surface area contributed by atoms with Gasteiger partial charge in [-0.3, -0.25) is 9.69 Å². The molecule has 2 aromatic heterocycles. The highest BCUT2D eigenvalue weighted by molar-refractivity contribution is 7.10. The fraction of sp³-hybridized carbons (Fsp3) is 0.500. The molecule has 0 radical (unpaired) electrons. The molecule has 1 amide bonds. The highest BCUT2D eigenvalue weighted by Gasteiger charge is 2.22. The molecule has 0 aliphatic rings. The van der Waals surface area contributed by atoms with Crippen LogP contribution in [-0.2, 0) is 28.8 Å². The summed E-state index contributed by atoms with van der Waals surface area (Å²) in [5.41, 5.74) is 4.54. The van der Waals surface area contributed by atoms with E-state index in [1.165, 1.54) is 11.5 Å². The maximum Gasteiger partial charge on any atom is 0.233 e. The van der Waals surface area contributed by atoms with Crippen molar-refractivity contribution in [3.05, 3.63) is 40.9 Å².